The number of hydroxylamine groups is 2. The van der Waals surface area contributed by atoms with Crippen molar-refractivity contribution in [1.29, 1.82) is 0 Å². The molecule has 118 valence electrons. The molecule has 1 fully saturated rings. The number of rotatable bonds is 2. The number of thiophene rings is 1. The quantitative estimate of drug-likeness (QED) is 0.830. The highest BCUT2D eigenvalue weighted by Gasteiger charge is 2.50. The van der Waals surface area contributed by atoms with Gasteiger partial charge in [0.05, 0.1) is 6.54 Å². The van der Waals surface area contributed by atoms with Crippen LogP contribution < -0.4 is 5.73 Å². The smallest absolute Gasteiger partial charge is 0.345 e. The summed E-state index contributed by atoms with van der Waals surface area (Å²) in [5, 5.41) is 10.7. The minimum absolute atomic E-state index is 0.278. The summed E-state index contributed by atoms with van der Waals surface area (Å²) < 4.78 is 0. The molecule has 3 amide bonds. The second-order valence-electron chi connectivity index (χ2n) is 5.85. The topological polar surface area (TPSA) is 86.9 Å². The molecule has 7 heteroatoms. The van der Waals surface area contributed by atoms with Crippen molar-refractivity contribution in [1.82, 2.24) is 9.96 Å². The highest BCUT2D eigenvalue weighted by atomic mass is 32.1. The van der Waals surface area contributed by atoms with Gasteiger partial charge in [0.15, 0.2) is 0 Å². The highest BCUT2D eigenvalue weighted by Crippen LogP contribution is 2.48. The van der Waals surface area contributed by atoms with Gasteiger partial charge in [0.1, 0.15) is 12.1 Å². The van der Waals surface area contributed by atoms with Crippen molar-refractivity contribution in [2.75, 3.05) is 6.54 Å². The Hall–Kier alpha value is -2.38. The Morgan fingerprint density at radius 2 is 2.13 bits per heavy atom. The molecule has 6 nitrogen and oxygen atoms in total. The van der Waals surface area contributed by atoms with Crippen molar-refractivity contribution in [3.63, 3.8) is 0 Å². The fraction of sp³-hybridized carbons (Fsp3) is 0.250. The van der Waals surface area contributed by atoms with E-state index in [2.05, 4.69) is 0 Å². The molecular formula is C16H15N3O3S. The van der Waals surface area contributed by atoms with E-state index < -0.39 is 24.0 Å². The number of hydrogen-bond donors (Lipinski definition) is 2. The molecule has 0 aliphatic carbocycles. The van der Waals surface area contributed by atoms with Crippen molar-refractivity contribution in [2.45, 2.75) is 19.0 Å². The van der Waals surface area contributed by atoms with Crippen LogP contribution in [0.4, 0.5) is 4.79 Å². The van der Waals surface area contributed by atoms with Crippen LogP contribution in [-0.4, -0.2) is 33.7 Å². The van der Waals surface area contributed by atoms with E-state index in [9.17, 15) is 14.8 Å². The molecule has 1 aromatic carbocycles. The van der Waals surface area contributed by atoms with Gasteiger partial charge in [-0.15, -0.1) is 11.3 Å². The summed E-state index contributed by atoms with van der Waals surface area (Å²) in [5.41, 5.74) is 8.54. The zero-order chi connectivity index (χ0) is 16.3. The lowest BCUT2D eigenvalue weighted by molar-refractivity contribution is -0.122. The van der Waals surface area contributed by atoms with Crippen LogP contribution in [0.2, 0.25) is 0 Å². The number of hydrogen-bond acceptors (Lipinski definition) is 4. The first-order valence-corrected chi connectivity index (χ1v) is 8.08. The SMILES string of the molecule is Cc1ccccc1-c1cc2c(s1)[C@@H](C(N)=O)N1C[C@@H]2N(O)C1=O. The number of carbonyl (C=O) groups excluding carboxylic acids is 2. The Morgan fingerprint density at radius 3 is 2.83 bits per heavy atom. The molecule has 2 atom stereocenters. The van der Waals surface area contributed by atoms with E-state index in [1.54, 1.807) is 0 Å². The summed E-state index contributed by atoms with van der Waals surface area (Å²) in [6, 6.07) is 8.12. The number of carbonyl (C=O) groups is 2. The lowest BCUT2D eigenvalue weighted by atomic mass is 9.97. The number of amides is 3. The molecule has 0 unspecified atom stereocenters. The standard InChI is InChI=1S/C16H15N3O3S/c1-8-4-2-3-5-9(8)12-6-10-11-7-18(16(21)19(11)22)13(15(17)20)14(10)23-12/h2-6,11,13,22H,7H2,1H3,(H2,17,20)/t11-,13-/m0/s1. The van der Waals surface area contributed by atoms with Gasteiger partial charge in [-0.1, -0.05) is 24.3 Å². The Kier molecular flexibility index (Phi) is 2.97. The van der Waals surface area contributed by atoms with E-state index in [4.69, 9.17) is 5.73 Å². The van der Waals surface area contributed by atoms with Gasteiger partial charge in [-0.05, 0) is 29.7 Å². The first-order chi connectivity index (χ1) is 11.0. The first-order valence-electron chi connectivity index (χ1n) is 7.26. The fourth-order valence-corrected chi connectivity index (χ4v) is 4.78. The molecule has 2 bridgehead atoms. The van der Waals surface area contributed by atoms with E-state index >= 15 is 0 Å². The van der Waals surface area contributed by atoms with Crippen molar-refractivity contribution < 1.29 is 14.8 Å². The third-order valence-corrected chi connectivity index (χ3v) is 5.73. The number of nitrogens with zero attached hydrogens (tertiary/aromatic N) is 2. The molecule has 1 aromatic heterocycles. The molecule has 3 heterocycles. The number of fused-ring (bicyclic) bond motifs is 4. The van der Waals surface area contributed by atoms with Gasteiger partial charge in [-0.25, -0.2) is 4.79 Å². The van der Waals surface area contributed by atoms with E-state index in [1.165, 1.54) is 16.2 Å². The van der Waals surface area contributed by atoms with Crippen LogP contribution in [0, 0.1) is 6.92 Å². The minimum atomic E-state index is -0.811. The zero-order valence-electron chi connectivity index (χ0n) is 12.4. The molecule has 1 saturated heterocycles. The monoisotopic (exact) mass is 329 g/mol. The van der Waals surface area contributed by atoms with E-state index in [0.717, 1.165) is 26.4 Å². The maximum atomic E-state index is 12.1. The Labute approximate surface area is 136 Å². The summed E-state index contributed by atoms with van der Waals surface area (Å²) >= 11 is 1.46. The normalized spacial score (nSPS) is 22.4. The van der Waals surface area contributed by atoms with Crippen LogP contribution in [-0.2, 0) is 4.79 Å². The van der Waals surface area contributed by atoms with Crippen molar-refractivity contribution in [3.8, 4) is 10.4 Å². The molecule has 2 aromatic rings. The predicted octanol–water partition coefficient (Wildman–Crippen LogP) is 2.43. The van der Waals surface area contributed by atoms with Gasteiger partial charge in [0.25, 0.3) is 0 Å². The van der Waals surface area contributed by atoms with Crippen LogP contribution in [0.15, 0.2) is 30.3 Å². The molecule has 23 heavy (non-hydrogen) atoms. The fourth-order valence-electron chi connectivity index (χ4n) is 3.35. The largest absolute Gasteiger partial charge is 0.368 e. The van der Waals surface area contributed by atoms with E-state index in [0.29, 0.717) is 5.06 Å². The summed E-state index contributed by atoms with van der Waals surface area (Å²) in [6.45, 7) is 2.30. The third-order valence-electron chi connectivity index (χ3n) is 4.50. The maximum absolute atomic E-state index is 12.1. The Balaban J connectivity index is 1.89. The number of aryl methyl sites for hydroxylation is 1. The molecule has 2 aliphatic rings. The average Bonchev–Trinajstić information content (AvgIpc) is 3.05. The highest BCUT2D eigenvalue weighted by molar-refractivity contribution is 7.16. The summed E-state index contributed by atoms with van der Waals surface area (Å²) in [6.07, 6.45) is 0. The number of urea groups is 1. The van der Waals surface area contributed by atoms with Crippen molar-refractivity contribution in [3.05, 3.63) is 46.3 Å². The molecule has 4 rings (SSSR count). The van der Waals surface area contributed by atoms with E-state index in [1.807, 2.05) is 37.3 Å². The Bertz CT molecular complexity index is 832. The van der Waals surface area contributed by atoms with Crippen molar-refractivity contribution >= 4 is 23.3 Å². The maximum Gasteiger partial charge on any atom is 0.345 e. The van der Waals surface area contributed by atoms with Crippen LogP contribution in [0.1, 0.15) is 28.1 Å². The molecule has 3 N–H and O–H groups in total. The molecule has 0 radical (unpaired) electrons. The lowest BCUT2D eigenvalue weighted by Gasteiger charge is -2.27. The van der Waals surface area contributed by atoms with Gasteiger partial charge in [-0.3, -0.25) is 10.0 Å². The minimum Gasteiger partial charge on any atom is -0.368 e. The third kappa shape index (κ3) is 1.90. The first kappa shape index (κ1) is 14.2. The summed E-state index contributed by atoms with van der Waals surface area (Å²) in [4.78, 5) is 27.1. The second-order valence-corrected chi connectivity index (χ2v) is 6.93. The summed E-state index contributed by atoms with van der Waals surface area (Å²) in [7, 11) is 0. The van der Waals surface area contributed by atoms with Crippen LogP contribution in [0.5, 0.6) is 0 Å². The van der Waals surface area contributed by atoms with Gasteiger partial charge >= 0.3 is 6.03 Å². The van der Waals surface area contributed by atoms with Crippen LogP contribution in [0.25, 0.3) is 10.4 Å². The average molecular weight is 329 g/mol. The summed E-state index contributed by atoms with van der Waals surface area (Å²) in [5.74, 6) is -0.577. The molecule has 0 spiro atoms. The zero-order valence-corrected chi connectivity index (χ0v) is 13.2. The van der Waals surface area contributed by atoms with Gasteiger partial charge in [0, 0.05) is 9.75 Å². The van der Waals surface area contributed by atoms with Gasteiger partial charge in [-0.2, -0.15) is 5.06 Å². The van der Waals surface area contributed by atoms with Gasteiger partial charge < -0.3 is 10.6 Å². The Morgan fingerprint density at radius 1 is 1.39 bits per heavy atom. The molecule has 2 aliphatic heterocycles. The molecular weight excluding hydrogens is 314 g/mol. The number of benzene rings is 1. The van der Waals surface area contributed by atoms with Gasteiger partial charge in [0.2, 0.25) is 5.91 Å². The predicted molar refractivity (Wildman–Crippen MR) is 84.9 cm³/mol. The van der Waals surface area contributed by atoms with E-state index in [-0.39, 0.29) is 6.54 Å². The van der Waals surface area contributed by atoms with Crippen LogP contribution >= 0.6 is 11.3 Å². The second kappa shape index (κ2) is 4.81. The van der Waals surface area contributed by atoms with Crippen molar-refractivity contribution in [2.24, 2.45) is 5.73 Å². The van der Waals surface area contributed by atoms with Crippen LogP contribution in [0.3, 0.4) is 0 Å². The number of primary amides is 1. The molecule has 0 saturated carbocycles. The number of nitrogens with two attached hydrogens (primary N) is 1. The lowest BCUT2D eigenvalue weighted by Crippen LogP contribution is -2.40.